The van der Waals surface area contributed by atoms with Crippen molar-refractivity contribution in [2.24, 2.45) is 0 Å². The van der Waals surface area contributed by atoms with Crippen molar-refractivity contribution >= 4 is 29.9 Å². The molecule has 1 aliphatic heterocycles. The van der Waals surface area contributed by atoms with Crippen LogP contribution < -0.4 is 16.0 Å². The van der Waals surface area contributed by atoms with Gasteiger partial charge in [-0.1, -0.05) is 19.9 Å². The molecule has 0 spiro atoms. The second kappa shape index (κ2) is 8.89. The lowest BCUT2D eigenvalue weighted by molar-refractivity contribution is -0.122. The fourth-order valence-corrected chi connectivity index (χ4v) is 2.79. The molecule has 1 atom stereocenters. The summed E-state index contributed by atoms with van der Waals surface area (Å²) in [6.45, 7) is 5.56. The molecule has 23 heavy (non-hydrogen) atoms. The Labute approximate surface area is 144 Å². The van der Waals surface area contributed by atoms with Crippen molar-refractivity contribution in [3.63, 3.8) is 0 Å². The van der Waals surface area contributed by atoms with Crippen molar-refractivity contribution in [3.8, 4) is 0 Å². The fourth-order valence-electron chi connectivity index (χ4n) is 2.79. The number of benzene rings is 1. The van der Waals surface area contributed by atoms with Crippen molar-refractivity contribution in [2.75, 3.05) is 18.4 Å². The highest BCUT2D eigenvalue weighted by molar-refractivity contribution is 6.00. The van der Waals surface area contributed by atoms with E-state index in [1.54, 1.807) is 18.2 Å². The van der Waals surface area contributed by atoms with E-state index in [0.29, 0.717) is 17.8 Å². The summed E-state index contributed by atoms with van der Waals surface area (Å²) in [6, 6.07) is 7.08. The largest absolute Gasteiger partial charge is 0.352 e. The predicted octanol–water partition coefficient (Wildman–Crippen LogP) is 2.72. The molecule has 1 fully saturated rings. The Kier molecular flexibility index (Phi) is 7.52. The fraction of sp³-hybridized carbons (Fsp3) is 0.529. The minimum absolute atomic E-state index is 0. The van der Waals surface area contributed by atoms with Gasteiger partial charge in [-0.3, -0.25) is 9.59 Å². The monoisotopic (exact) mass is 339 g/mol. The van der Waals surface area contributed by atoms with E-state index in [-0.39, 0.29) is 24.2 Å². The van der Waals surface area contributed by atoms with Crippen molar-refractivity contribution < 1.29 is 9.59 Å². The maximum atomic E-state index is 12.5. The Bertz CT molecular complexity index is 542. The van der Waals surface area contributed by atoms with Gasteiger partial charge >= 0.3 is 0 Å². The van der Waals surface area contributed by atoms with Gasteiger partial charge in [0.05, 0.1) is 5.54 Å². The number of hydrogen-bond donors (Lipinski definition) is 3. The summed E-state index contributed by atoms with van der Waals surface area (Å²) in [7, 11) is 0. The molecule has 3 N–H and O–H groups in total. The summed E-state index contributed by atoms with van der Waals surface area (Å²) >= 11 is 0. The SMILES string of the molecule is CCCNC(=O)c1cccc(NC(=O)C2(CC)CCCN2)c1.Cl. The maximum Gasteiger partial charge on any atom is 0.251 e. The first-order valence-electron chi connectivity index (χ1n) is 8.06. The molecule has 5 nitrogen and oxygen atoms in total. The molecular weight excluding hydrogens is 314 g/mol. The van der Waals surface area contributed by atoms with Crippen molar-refractivity contribution in [3.05, 3.63) is 29.8 Å². The van der Waals surface area contributed by atoms with Crippen LogP contribution in [0.2, 0.25) is 0 Å². The van der Waals surface area contributed by atoms with Gasteiger partial charge in [-0.2, -0.15) is 0 Å². The molecule has 1 heterocycles. The summed E-state index contributed by atoms with van der Waals surface area (Å²) in [5.41, 5.74) is 0.757. The second-order valence-electron chi connectivity index (χ2n) is 5.76. The summed E-state index contributed by atoms with van der Waals surface area (Å²) in [4.78, 5) is 24.5. The third-order valence-electron chi connectivity index (χ3n) is 4.20. The van der Waals surface area contributed by atoms with Crippen LogP contribution in [0.1, 0.15) is 49.9 Å². The van der Waals surface area contributed by atoms with Gasteiger partial charge in [0.1, 0.15) is 0 Å². The highest BCUT2D eigenvalue weighted by atomic mass is 35.5. The molecule has 2 amide bonds. The van der Waals surface area contributed by atoms with Crippen molar-refractivity contribution in [1.29, 1.82) is 0 Å². The van der Waals surface area contributed by atoms with Crippen LogP contribution >= 0.6 is 12.4 Å². The number of hydrogen-bond acceptors (Lipinski definition) is 3. The van der Waals surface area contributed by atoms with E-state index in [0.717, 1.165) is 32.2 Å². The lowest BCUT2D eigenvalue weighted by atomic mass is 9.93. The van der Waals surface area contributed by atoms with Gasteiger partial charge in [0, 0.05) is 17.8 Å². The van der Waals surface area contributed by atoms with Crippen LogP contribution in [0.5, 0.6) is 0 Å². The Morgan fingerprint density at radius 3 is 2.70 bits per heavy atom. The van der Waals surface area contributed by atoms with Crippen LogP contribution in [0, 0.1) is 0 Å². The van der Waals surface area contributed by atoms with Crippen molar-refractivity contribution in [1.82, 2.24) is 10.6 Å². The van der Waals surface area contributed by atoms with Gasteiger partial charge in [0.2, 0.25) is 5.91 Å². The number of carbonyl (C=O) groups excluding carboxylic acids is 2. The standard InChI is InChI=1S/C17H25N3O2.ClH/c1-3-10-18-15(21)13-7-5-8-14(12-13)20-16(22)17(4-2)9-6-11-19-17;/h5,7-8,12,19H,3-4,6,9-11H2,1-2H3,(H,18,21)(H,20,22);1H. The molecule has 1 unspecified atom stereocenters. The molecule has 1 saturated heterocycles. The average molecular weight is 340 g/mol. The molecule has 0 saturated carbocycles. The van der Waals surface area contributed by atoms with E-state index in [1.807, 2.05) is 19.9 Å². The molecule has 0 aliphatic carbocycles. The molecular formula is C17H26ClN3O2. The molecule has 1 aromatic rings. The van der Waals surface area contributed by atoms with Crippen LogP contribution in [-0.2, 0) is 4.79 Å². The van der Waals surface area contributed by atoms with Crippen LogP contribution in [-0.4, -0.2) is 30.4 Å². The zero-order chi connectivity index (χ0) is 16.0. The third kappa shape index (κ3) is 4.69. The summed E-state index contributed by atoms with van der Waals surface area (Å²) < 4.78 is 0. The van der Waals surface area contributed by atoms with Gasteiger partial charge < -0.3 is 16.0 Å². The topological polar surface area (TPSA) is 70.2 Å². The quantitative estimate of drug-likeness (QED) is 0.746. The van der Waals surface area contributed by atoms with E-state index in [2.05, 4.69) is 16.0 Å². The molecule has 128 valence electrons. The zero-order valence-electron chi connectivity index (χ0n) is 13.8. The predicted molar refractivity (Wildman–Crippen MR) is 95.2 cm³/mol. The number of rotatable bonds is 6. The second-order valence-corrected chi connectivity index (χ2v) is 5.76. The normalized spacial score (nSPS) is 19.7. The lowest BCUT2D eigenvalue weighted by Crippen LogP contribution is -2.50. The van der Waals surface area contributed by atoms with Gasteiger partial charge in [-0.05, 0) is 50.4 Å². The Balaban J connectivity index is 0.00000264. The summed E-state index contributed by atoms with van der Waals surface area (Å²) in [5, 5.41) is 9.10. The molecule has 1 aromatic carbocycles. The third-order valence-corrected chi connectivity index (χ3v) is 4.20. The minimum atomic E-state index is -0.472. The molecule has 0 aromatic heterocycles. The molecule has 2 rings (SSSR count). The van der Waals surface area contributed by atoms with E-state index in [1.165, 1.54) is 0 Å². The zero-order valence-corrected chi connectivity index (χ0v) is 14.6. The molecule has 1 aliphatic rings. The van der Waals surface area contributed by atoms with Crippen LogP contribution in [0.3, 0.4) is 0 Å². The van der Waals surface area contributed by atoms with Crippen LogP contribution in [0.25, 0.3) is 0 Å². The summed E-state index contributed by atoms with van der Waals surface area (Å²) in [5.74, 6) is -0.124. The number of carbonyl (C=O) groups is 2. The highest BCUT2D eigenvalue weighted by Gasteiger charge is 2.39. The van der Waals surface area contributed by atoms with E-state index < -0.39 is 5.54 Å². The van der Waals surface area contributed by atoms with Gasteiger partial charge in [0.15, 0.2) is 0 Å². The number of anilines is 1. The van der Waals surface area contributed by atoms with E-state index in [4.69, 9.17) is 0 Å². The van der Waals surface area contributed by atoms with Gasteiger partial charge in [-0.25, -0.2) is 0 Å². The number of amides is 2. The highest BCUT2D eigenvalue weighted by Crippen LogP contribution is 2.25. The first-order chi connectivity index (χ1) is 10.6. The molecule has 0 radical (unpaired) electrons. The maximum absolute atomic E-state index is 12.5. The summed E-state index contributed by atoms with van der Waals surface area (Å²) in [6.07, 6.45) is 3.52. The smallest absolute Gasteiger partial charge is 0.251 e. The molecule has 6 heteroatoms. The van der Waals surface area contributed by atoms with Crippen molar-refractivity contribution in [2.45, 2.75) is 45.1 Å². The lowest BCUT2D eigenvalue weighted by Gasteiger charge is -2.26. The van der Waals surface area contributed by atoms with Crippen LogP contribution in [0.15, 0.2) is 24.3 Å². The molecule has 0 bridgehead atoms. The first kappa shape index (κ1) is 19.5. The van der Waals surface area contributed by atoms with Crippen LogP contribution in [0.4, 0.5) is 5.69 Å². The Morgan fingerprint density at radius 1 is 1.30 bits per heavy atom. The van der Waals surface area contributed by atoms with E-state index >= 15 is 0 Å². The Hall–Kier alpha value is -1.59. The van der Waals surface area contributed by atoms with Gasteiger partial charge in [0.25, 0.3) is 5.91 Å². The van der Waals surface area contributed by atoms with Gasteiger partial charge in [-0.15, -0.1) is 12.4 Å². The Morgan fingerprint density at radius 2 is 2.09 bits per heavy atom. The number of halogens is 1. The van der Waals surface area contributed by atoms with E-state index in [9.17, 15) is 9.59 Å². The number of nitrogens with one attached hydrogen (secondary N) is 3. The average Bonchev–Trinajstić information content (AvgIpc) is 3.03. The minimum Gasteiger partial charge on any atom is -0.352 e. The first-order valence-corrected chi connectivity index (χ1v) is 8.06.